The third-order valence-electron chi connectivity index (χ3n) is 6.28. The summed E-state index contributed by atoms with van der Waals surface area (Å²) in [5.41, 5.74) is 6.56. The molecule has 3 heteroatoms. The fourth-order valence-electron chi connectivity index (χ4n) is 4.82. The van der Waals surface area contributed by atoms with Gasteiger partial charge in [0.1, 0.15) is 0 Å². The standard InChI is InChI=1S/C23H28ClNO/c24-20-4-1-3-18(14-20)23-15-19(21-5-2-6-22(21)25-23)13-17-9-7-16(8-10-17)11-12-26/h1,3-4,14-17,26H,2,5-13H2. The van der Waals surface area contributed by atoms with Crippen LogP contribution in [0, 0.1) is 11.8 Å². The monoisotopic (exact) mass is 369 g/mol. The van der Waals surface area contributed by atoms with Crippen LogP contribution >= 0.6 is 11.6 Å². The molecule has 0 radical (unpaired) electrons. The summed E-state index contributed by atoms with van der Waals surface area (Å²) in [6.45, 7) is 0.343. The third-order valence-corrected chi connectivity index (χ3v) is 6.51. The predicted molar refractivity (Wildman–Crippen MR) is 108 cm³/mol. The lowest BCUT2D eigenvalue weighted by molar-refractivity contribution is 0.205. The zero-order valence-electron chi connectivity index (χ0n) is 15.4. The lowest BCUT2D eigenvalue weighted by Gasteiger charge is -2.28. The van der Waals surface area contributed by atoms with E-state index < -0.39 is 0 Å². The molecule has 26 heavy (non-hydrogen) atoms. The Morgan fingerprint density at radius 3 is 2.62 bits per heavy atom. The maximum atomic E-state index is 9.17. The van der Waals surface area contributed by atoms with Gasteiger partial charge in [-0.1, -0.05) is 36.6 Å². The normalized spacial score (nSPS) is 22.4. The largest absolute Gasteiger partial charge is 0.396 e. The van der Waals surface area contributed by atoms with Crippen molar-refractivity contribution in [3.63, 3.8) is 0 Å². The van der Waals surface area contributed by atoms with E-state index in [0.717, 1.165) is 41.0 Å². The van der Waals surface area contributed by atoms with Crippen molar-refractivity contribution >= 4 is 11.6 Å². The molecule has 1 N–H and O–H groups in total. The highest BCUT2D eigenvalue weighted by Crippen LogP contribution is 2.36. The Bertz CT molecular complexity index is 765. The van der Waals surface area contributed by atoms with Crippen molar-refractivity contribution < 1.29 is 5.11 Å². The van der Waals surface area contributed by atoms with Gasteiger partial charge in [-0.05, 0) is 86.1 Å². The highest BCUT2D eigenvalue weighted by molar-refractivity contribution is 6.30. The summed E-state index contributed by atoms with van der Waals surface area (Å²) in [5, 5.41) is 9.94. The molecule has 2 aliphatic carbocycles. The summed E-state index contributed by atoms with van der Waals surface area (Å²) >= 11 is 6.20. The molecular weight excluding hydrogens is 342 g/mol. The number of aryl methyl sites for hydroxylation is 1. The van der Waals surface area contributed by atoms with Crippen LogP contribution in [-0.2, 0) is 19.3 Å². The smallest absolute Gasteiger partial charge is 0.0708 e. The van der Waals surface area contributed by atoms with Gasteiger partial charge in [0, 0.05) is 22.9 Å². The summed E-state index contributed by atoms with van der Waals surface area (Å²) in [4.78, 5) is 4.97. The first kappa shape index (κ1) is 18.0. The average Bonchev–Trinajstić information content (AvgIpc) is 3.12. The molecular formula is C23H28ClNO. The maximum Gasteiger partial charge on any atom is 0.0708 e. The number of aliphatic hydroxyl groups is 1. The number of aromatic nitrogens is 1. The SMILES string of the molecule is OCCC1CCC(Cc2cc(-c3cccc(Cl)c3)nc3c2CCC3)CC1. The molecule has 0 spiro atoms. The topological polar surface area (TPSA) is 33.1 Å². The van der Waals surface area contributed by atoms with E-state index in [1.807, 2.05) is 18.2 Å². The number of pyridine rings is 1. The first-order valence-electron chi connectivity index (χ1n) is 10.1. The number of halogens is 1. The number of hydrogen-bond donors (Lipinski definition) is 1. The maximum absolute atomic E-state index is 9.17. The van der Waals surface area contributed by atoms with Gasteiger partial charge in [0.05, 0.1) is 5.69 Å². The molecule has 1 saturated carbocycles. The minimum atomic E-state index is 0.343. The summed E-state index contributed by atoms with van der Waals surface area (Å²) in [7, 11) is 0. The first-order chi connectivity index (χ1) is 12.7. The molecule has 1 aromatic carbocycles. The van der Waals surface area contributed by atoms with Crippen molar-refractivity contribution in [3.8, 4) is 11.3 Å². The Morgan fingerprint density at radius 1 is 1.04 bits per heavy atom. The van der Waals surface area contributed by atoms with E-state index >= 15 is 0 Å². The van der Waals surface area contributed by atoms with E-state index in [-0.39, 0.29) is 0 Å². The van der Waals surface area contributed by atoms with Gasteiger partial charge in [0.2, 0.25) is 0 Å². The Balaban J connectivity index is 1.56. The molecule has 0 saturated heterocycles. The van der Waals surface area contributed by atoms with E-state index in [1.54, 1.807) is 0 Å². The molecule has 0 atom stereocenters. The van der Waals surface area contributed by atoms with Gasteiger partial charge < -0.3 is 5.11 Å². The summed E-state index contributed by atoms with van der Waals surface area (Å²) in [6, 6.07) is 10.4. The Hall–Kier alpha value is -1.38. The van der Waals surface area contributed by atoms with Crippen molar-refractivity contribution in [1.82, 2.24) is 4.98 Å². The zero-order chi connectivity index (χ0) is 17.9. The first-order valence-corrected chi connectivity index (χ1v) is 10.5. The number of rotatable bonds is 5. The Kier molecular flexibility index (Phi) is 5.61. The van der Waals surface area contributed by atoms with Crippen LogP contribution in [0.5, 0.6) is 0 Å². The van der Waals surface area contributed by atoms with Gasteiger partial charge in [0.25, 0.3) is 0 Å². The molecule has 0 unspecified atom stereocenters. The van der Waals surface area contributed by atoms with Gasteiger partial charge in [-0.25, -0.2) is 0 Å². The highest BCUT2D eigenvalue weighted by atomic mass is 35.5. The molecule has 0 aliphatic heterocycles. The van der Waals surface area contributed by atoms with Crippen LogP contribution in [0.25, 0.3) is 11.3 Å². The molecule has 1 fully saturated rings. The summed E-state index contributed by atoms with van der Waals surface area (Å²) in [5.74, 6) is 1.52. The molecule has 0 amide bonds. The van der Waals surface area contributed by atoms with Crippen molar-refractivity contribution in [3.05, 3.63) is 52.2 Å². The van der Waals surface area contributed by atoms with Gasteiger partial charge >= 0.3 is 0 Å². The molecule has 2 aromatic rings. The van der Waals surface area contributed by atoms with Crippen LogP contribution in [0.15, 0.2) is 30.3 Å². The minimum Gasteiger partial charge on any atom is -0.396 e. The highest BCUT2D eigenvalue weighted by Gasteiger charge is 2.24. The fraction of sp³-hybridized carbons (Fsp3) is 0.522. The second-order valence-electron chi connectivity index (χ2n) is 8.06. The molecule has 1 heterocycles. The van der Waals surface area contributed by atoms with Crippen LogP contribution < -0.4 is 0 Å². The molecule has 1 aromatic heterocycles. The average molecular weight is 370 g/mol. The van der Waals surface area contributed by atoms with Crippen LogP contribution in [0.2, 0.25) is 5.02 Å². The van der Waals surface area contributed by atoms with Crippen LogP contribution in [-0.4, -0.2) is 16.7 Å². The van der Waals surface area contributed by atoms with Crippen LogP contribution in [0.1, 0.15) is 55.3 Å². The number of aliphatic hydroxyl groups excluding tert-OH is 1. The number of nitrogens with zero attached hydrogens (tertiary/aromatic N) is 1. The van der Waals surface area contributed by atoms with Crippen LogP contribution in [0.4, 0.5) is 0 Å². The second kappa shape index (κ2) is 8.10. The van der Waals surface area contributed by atoms with E-state index in [0.29, 0.717) is 6.61 Å². The Morgan fingerprint density at radius 2 is 1.85 bits per heavy atom. The van der Waals surface area contributed by atoms with Gasteiger partial charge in [0.15, 0.2) is 0 Å². The minimum absolute atomic E-state index is 0.343. The van der Waals surface area contributed by atoms with Gasteiger partial charge in [-0.2, -0.15) is 0 Å². The lowest BCUT2D eigenvalue weighted by Crippen LogP contribution is -2.18. The molecule has 4 rings (SSSR count). The van der Waals surface area contributed by atoms with Gasteiger partial charge in [-0.3, -0.25) is 4.98 Å². The molecule has 138 valence electrons. The van der Waals surface area contributed by atoms with Crippen LogP contribution in [0.3, 0.4) is 0 Å². The van der Waals surface area contributed by atoms with E-state index in [9.17, 15) is 0 Å². The van der Waals surface area contributed by atoms with Crippen molar-refractivity contribution in [2.75, 3.05) is 6.61 Å². The van der Waals surface area contributed by atoms with E-state index in [4.69, 9.17) is 21.7 Å². The fourth-order valence-corrected chi connectivity index (χ4v) is 5.01. The van der Waals surface area contributed by atoms with E-state index in [1.165, 1.54) is 61.8 Å². The third kappa shape index (κ3) is 3.97. The number of fused-ring (bicyclic) bond motifs is 1. The summed E-state index contributed by atoms with van der Waals surface area (Å²) < 4.78 is 0. The zero-order valence-corrected chi connectivity index (χ0v) is 16.1. The molecule has 2 nitrogen and oxygen atoms in total. The summed E-state index contributed by atoms with van der Waals surface area (Å²) in [6.07, 6.45) is 10.9. The van der Waals surface area contributed by atoms with Crippen molar-refractivity contribution in [2.24, 2.45) is 11.8 Å². The predicted octanol–water partition coefficient (Wildman–Crippen LogP) is 5.62. The van der Waals surface area contributed by atoms with Gasteiger partial charge in [-0.15, -0.1) is 0 Å². The Labute approximate surface area is 161 Å². The van der Waals surface area contributed by atoms with Crippen molar-refractivity contribution in [2.45, 2.75) is 57.8 Å². The molecule has 0 bridgehead atoms. The second-order valence-corrected chi connectivity index (χ2v) is 8.50. The lowest BCUT2D eigenvalue weighted by atomic mass is 9.77. The number of benzene rings is 1. The van der Waals surface area contributed by atoms with E-state index in [2.05, 4.69) is 12.1 Å². The quantitative estimate of drug-likeness (QED) is 0.741. The molecule has 2 aliphatic rings. The number of hydrogen-bond acceptors (Lipinski definition) is 2. The van der Waals surface area contributed by atoms with Crippen molar-refractivity contribution in [1.29, 1.82) is 0 Å².